The molecule has 0 aliphatic carbocycles. The molecule has 0 aliphatic rings. The number of hydrogen-bond donors (Lipinski definition) is 0. The van der Waals surface area contributed by atoms with Crippen molar-refractivity contribution in [2.45, 2.75) is 32.9 Å². The van der Waals surface area contributed by atoms with Crippen molar-refractivity contribution in [1.29, 1.82) is 0 Å². The third-order valence-electron chi connectivity index (χ3n) is 2.15. The van der Waals surface area contributed by atoms with E-state index >= 15 is 0 Å². The molecular formula is C11H14FNO3. The van der Waals surface area contributed by atoms with Crippen molar-refractivity contribution in [2.75, 3.05) is 0 Å². The van der Waals surface area contributed by atoms with Crippen LogP contribution in [0, 0.1) is 5.82 Å². The van der Waals surface area contributed by atoms with Crippen molar-refractivity contribution in [3.63, 3.8) is 0 Å². The largest absolute Gasteiger partial charge is 0.461 e. The molecule has 0 radical (unpaired) electrons. The minimum atomic E-state index is -0.559. The fraction of sp³-hybridized carbons (Fsp3) is 0.455. The fourth-order valence-electron chi connectivity index (χ4n) is 1.11. The van der Waals surface area contributed by atoms with E-state index in [4.69, 9.17) is 4.74 Å². The number of nitrogens with zero attached hydrogens (tertiary/aromatic N) is 1. The summed E-state index contributed by atoms with van der Waals surface area (Å²) in [5.74, 6) is -1.10. The van der Waals surface area contributed by atoms with Gasteiger partial charge >= 0.3 is 5.97 Å². The van der Waals surface area contributed by atoms with E-state index in [1.165, 1.54) is 0 Å². The summed E-state index contributed by atoms with van der Waals surface area (Å²) in [5, 5.41) is 0. The highest BCUT2D eigenvalue weighted by Gasteiger charge is 2.09. The van der Waals surface area contributed by atoms with Gasteiger partial charge in [0, 0.05) is 12.3 Å². The Morgan fingerprint density at radius 3 is 2.88 bits per heavy atom. The van der Waals surface area contributed by atoms with Crippen molar-refractivity contribution in [1.82, 2.24) is 4.57 Å². The second kappa shape index (κ2) is 5.44. The molecular weight excluding hydrogens is 213 g/mol. The van der Waals surface area contributed by atoms with Crippen LogP contribution in [0.5, 0.6) is 0 Å². The third-order valence-corrected chi connectivity index (χ3v) is 2.15. The van der Waals surface area contributed by atoms with E-state index in [1.54, 1.807) is 6.92 Å². The van der Waals surface area contributed by atoms with Gasteiger partial charge in [0.05, 0.1) is 6.10 Å². The Hall–Kier alpha value is -1.65. The van der Waals surface area contributed by atoms with Crippen LogP contribution in [-0.2, 0) is 16.1 Å². The predicted molar refractivity (Wildman–Crippen MR) is 56.5 cm³/mol. The molecule has 5 heteroatoms. The average Bonchev–Trinajstić information content (AvgIpc) is 2.23. The Balaban J connectivity index is 2.69. The van der Waals surface area contributed by atoms with E-state index in [-0.39, 0.29) is 12.6 Å². The summed E-state index contributed by atoms with van der Waals surface area (Å²) in [6.07, 6.45) is 1.49. The van der Waals surface area contributed by atoms with Crippen LogP contribution < -0.4 is 5.56 Å². The quantitative estimate of drug-likeness (QED) is 0.729. The maximum Gasteiger partial charge on any atom is 0.326 e. The van der Waals surface area contributed by atoms with Crippen LogP contribution in [0.1, 0.15) is 20.3 Å². The van der Waals surface area contributed by atoms with Gasteiger partial charge in [0.15, 0.2) is 0 Å². The number of ether oxygens (including phenoxy) is 1. The van der Waals surface area contributed by atoms with Crippen LogP contribution in [0.25, 0.3) is 0 Å². The number of carbonyl (C=O) groups is 1. The van der Waals surface area contributed by atoms with Gasteiger partial charge in [-0.15, -0.1) is 0 Å². The van der Waals surface area contributed by atoms with Crippen molar-refractivity contribution >= 4 is 5.97 Å². The lowest BCUT2D eigenvalue weighted by molar-refractivity contribution is -0.149. The van der Waals surface area contributed by atoms with Crippen molar-refractivity contribution in [3.8, 4) is 0 Å². The zero-order chi connectivity index (χ0) is 12.1. The second-order valence-electron chi connectivity index (χ2n) is 3.52. The maximum atomic E-state index is 12.8. The summed E-state index contributed by atoms with van der Waals surface area (Å²) in [5.41, 5.74) is -0.428. The Morgan fingerprint density at radius 1 is 1.56 bits per heavy atom. The van der Waals surface area contributed by atoms with Crippen molar-refractivity contribution in [2.24, 2.45) is 0 Å². The molecule has 0 fully saturated rings. The van der Waals surface area contributed by atoms with Gasteiger partial charge in [-0.2, -0.15) is 0 Å². The first kappa shape index (κ1) is 12.4. The van der Waals surface area contributed by atoms with E-state index in [9.17, 15) is 14.0 Å². The van der Waals surface area contributed by atoms with Crippen LogP contribution in [0.4, 0.5) is 4.39 Å². The van der Waals surface area contributed by atoms with Crippen LogP contribution in [-0.4, -0.2) is 16.6 Å². The minimum absolute atomic E-state index is 0.197. The number of esters is 1. The molecule has 1 unspecified atom stereocenters. The van der Waals surface area contributed by atoms with Crippen molar-refractivity contribution in [3.05, 3.63) is 34.5 Å². The molecule has 0 saturated heterocycles. The number of halogens is 1. The summed E-state index contributed by atoms with van der Waals surface area (Å²) in [6.45, 7) is 3.37. The van der Waals surface area contributed by atoms with Gasteiger partial charge in [-0.05, 0) is 19.4 Å². The van der Waals surface area contributed by atoms with Crippen LogP contribution in [0.2, 0.25) is 0 Å². The first-order valence-electron chi connectivity index (χ1n) is 5.08. The lowest BCUT2D eigenvalue weighted by Crippen LogP contribution is -2.26. The molecule has 0 amide bonds. The SMILES string of the molecule is CCC(C)OC(=O)Cn1cc(F)ccc1=O. The van der Waals surface area contributed by atoms with E-state index in [0.717, 1.165) is 22.9 Å². The minimum Gasteiger partial charge on any atom is -0.461 e. The van der Waals surface area contributed by atoms with E-state index < -0.39 is 17.3 Å². The molecule has 0 N–H and O–H groups in total. The van der Waals surface area contributed by atoms with E-state index in [0.29, 0.717) is 6.42 Å². The van der Waals surface area contributed by atoms with Gasteiger partial charge < -0.3 is 9.30 Å². The third kappa shape index (κ3) is 3.49. The summed E-state index contributed by atoms with van der Waals surface area (Å²) in [6, 6.07) is 2.13. The number of rotatable bonds is 4. The highest BCUT2D eigenvalue weighted by molar-refractivity contribution is 5.69. The number of carbonyl (C=O) groups excluding carboxylic acids is 1. The first-order valence-corrected chi connectivity index (χ1v) is 5.08. The molecule has 1 atom stereocenters. The highest BCUT2D eigenvalue weighted by atomic mass is 19.1. The first-order chi connectivity index (χ1) is 7.52. The molecule has 88 valence electrons. The number of hydrogen-bond acceptors (Lipinski definition) is 3. The van der Waals surface area contributed by atoms with E-state index in [1.807, 2.05) is 6.92 Å². The topological polar surface area (TPSA) is 48.3 Å². The summed E-state index contributed by atoms with van der Waals surface area (Å²) in [7, 11) is 0. The molecule has 1 aromatic rings. The zero-order valence-electron chi connectivity index (χ0n) is 9.27. The molecule has 0 spiro atoms. The lowest BCUT2D eigenvalue weighted by atomic mass is 10.3. The predicted octanol–water partition coefficient (Wildman–Crippen LogP) is 1.33. The molecule has 1 heterocycles. The number of aromatic nitrogens is 1. The van der Waals surface area contributed by atoms with E-state index in [2.05, 4.69) is 0 Å². The van der Waals surface area contributed by atoms with Gasteiger partial charge in [0.2, 0.25) is 0 Å². The maximum absolute atomic E-state index is 12.8. The smallest absolute Gasteiger partial charge is 0.326 e. The second-order valence-corrected chi connectivity index (χ2v) is 3.52. The van der Waals surface area contributed by atoms with Gasteiger partial charge in [0.1, 0.15) is 12.4 Å². The Kier molecular flexibility index (Phi) is 4.22. The summed E-state index contributed by atoms with van der Waals surface area (Å²) < 4.78 is 18.8. The highest BCUT2D eigenvalue weighted by Crippen LogP contribution is 1.98. The number of pyridine rings is 1. The molecule has 0 bridgehead atoms. The molecule has 0 saturated carbocycles. The fourth-order valence-corrected chi connectivity index (χ4v) is 1.11. The lowest BCUT2D eigenvalue weighted by Gasteiger charge is -2.11. The zero-order valence-corrected chi connectivity index (χ0v) is 9.27. The molecule has 4 nitrogen and oxygen atoms in total. The van der Waals surface area contributed by atoms with Gasteiger partial charge in [-0.3, -0.25) is 9.59 Å². The van der Waals surface area contributed by atoms with Crippen LogP contribution >= 0.6 is 0 Å². The van der Waals surface area contributed by atoms with Gasteiger partial charge in [-0.1, -0.05) is 6.92 Å². The standard InChI is InChI=1S/C11H14FNO3/c1-3-8(2)16-11(15)7-13-6-9(12)4-5-10(13)14/h4-6,8H,3,7H2,1-2H3. The molecule has 0 aromatic carbocycles. The van der Waals surface area contributed by atoms with Crippen LogP contribution in [0.15, 0.2) is 23.1 Å². The summed E-state index contributed by atoms with van der Waals surface area (Å²) >= 11 is 0. The average molecular weight is 227 g/mol. The van der Waals surface area contributed by atoms with Gasteiger partial charge in [0.25, 0.3) is 5.56 Å². The molecule has 0 aliphatic heterocycles. The molecule has 1 aromatic heterocycles. The molecule has 16 heavy (non-hydrogen) atoms. The normalized spacial score (nSPS) is 12.2. The Labute approximate surface area is 92.7 Å². The van der Waals surface area contributed by atoms with Crippen molar-refractivity contribution < 1.29 is 13.9 Å². The Bertz CT molecular complexity index is 427. The van der Waals surface area contributed by atoms with Gasteiger partial charge in [-0.25, -0.2) is 4.39 Å². The summed E-state index contributed by atoms with van der Waals surface area (Å²) in [4.78, 5) is 22.6. The molecule has 1 rings (SSSR count). The monoisotopic (exact) mass is 227 g/mol. The van der Waals surface area contributed by atoms with Crippen LogP contribution in [0.3, 0.4) is 0 Å². The Morgan fingerprint density at radius 2 is 2.25 bits per heavy atom.